The lowest BCUT2D eigenvalue weighted by molar-refractivity contribution is -0.150. The summed E-state index contributed by atoms with van der Waals surface area (Å²) >= 11 is 3.25. The van der Waals surface area contributed by atoms with E-state index in [1.807, 2.05) is 6.07 Å². The number of carbonyl (C=O) groups excluding carboxylic acids is 1. The molecule has 0 saturated carbocycles. The average molecular weight is 414 g/mol. The van der Waals surface area contributed by atoms with Crippen LogP contribution in [0.2, 0.25) is 0 Å². The lowest BCUT2D eigenvalue weighted by Crippen LogP contribution is -2.51. The van der Waals surface area contributed by atoms with Gasteiger partial charge in [0.25, 0.3) is 0 Å². The van der Waals surface area contributed by atoms with Gasteiger partial charge in [0.2, 0.25) is 0 Å². The number of hydrogen-bond donors (Lipinski definition) is 0. The van der Waals surface area contributed by atoms with Crippen molar-refractivity contribution >= 4 is 27.7 Å². The van der Waals surface area contributed by atoms with Crippen molar-refractivity contribution in [3.05, 3.63) is 64.1 Å². The van der Waals surface area contributed by atoms with Gasteiger partial charge in [-0.15, -0.1) is 0 Å². The number of anilines is 1. The molecule has 0 aromatic heterocycles. The molecule has 1 aliphatic rings. The van der Waals surface area contributed by atoms with Crippen molar-refractivity contribution in [1.82, 2.24) is 0 Å². The zero-order chi connectivity index (χ0) is 18.0. The topological polar surface area (TPSA) is 29.5 Å². The van der Waals surface area contributed by atoms with Gasteiger partial charge in [-0.1, -0.05) is 52.3 Å². The van der Waals surface area contributed by atoms with Gasteiger partial charge in [-0.3, -0.25) is 4.90 Å². The van der Waals surface area contributed by atoms with E-state index in [1.54, 1.807) is 36.4 Å². The van der Waals surface area contributed by atoms with Crippen LogP contribution in [0, 0.1) is 0 Å². The minimum Gasteiger partial charge on any atom is -0.444 e. The van der Waals surface area contributed by atoms with Gasteiger partial charge >= 0.3 is 12.3 Å². The predicted molar refractivity (Wildman–Crippen MR) is 91.4 cm³/mol. The molecule has 1 amide bonds. The molecule has 0 fully saturated rings. The second-order valence-corrected chi connectivity index (χ2v) is 6.69. The summed E-state index contributed by atoms with van der Waals surface area (Å²) in [6.07, 6.45) is -5.44. The molecule has 25 heavy (non-hydrogen) atoms. The van der Waals surface area contributed by atoms with Crippen LogP contribution < -0.4 is 4.90 Å². The Morgan fingerprint density at radius 3 is 2.60 bits per heavy atom. The van der Waals surface area contributed by atoms with Gasteiger partial charge in [-0.05, 0) is 36.1 Å². The van der Waals surface area contributed by atoms with E-state index >= 15 is 0 Å². The maximum Gasteiger partial charge on any atom is 0.415 e. The SMILES string of the molecule is O=C(OCc1ccccc1)N1c2cc(Br)ccc2CCC1C(F)(F)F. The summed E-state index contributed by atoms with van der Waals surface area (Å²) in [4.78, 5) is 13.2. The number of alkyl halides is 3. The van der Waals surface area contributed by atoms with Gasteiger partial charge in [0.05, 0.1) is 5.69 Å². The van der Waals surface area contributed by atoms with E-state index in [0.717, 1.165) is 4.90 Å². The number of hydrogen-bond acceptors (Lipinski definition) is 2. The molecule has 0 bridgehead atoms. The van der Waals surface area contributed by atoms with Gasteiger partial charge in [0.15, 0.2) is 0 Å². The molecular formula is C18H15BrF3NO2. The highest BCUT2D eigenvalue weighted by atomic mass is 79.9. The number of ether oxygens (including phenoxy) is 1. The van der Waals surface area contributed by atoms with Crippen molar-refractivity contribution < 1.29 is 22.7 Å². The Hall–Kier alpha value is -2.02. The fourth-order valence-electron chi connectivity index (χ4n) is 2.89. The molecule has 2 aromatic rings. The largest absolute Gasteiger partial charge is 0.444 e. The summed E-state index contributed by atoms with van der Waals surface area (Å²) in [6, 6.07) is 12.0. The molecule has 0 aliphatic carbocycles. The molecule has 3 rings (SSSR count). The lowest BCUT2D eigenvalue weighted by atomic mass is 9.96. The van der Waals surface area contributed by atoms with Crippen LogP contribution >= 0.6 is 15.9 Å². The number of aryl methyl sites for hydroxylation is 1. The smallest absolute Gasteiger partial charge is 0.415 e. The van der Waals surface area contributed by atoms with Gasteiger partial charge in [0.1, 0.15) is 12.6 Å². The van der Waals surface area contributed by atoms with E-state index in [0.29, 0.717) is 15.6 Å². The van der Waals surface area contributed by atoms with Crippen LogP contribution in [0.5, 0.6) is 0 Å². The molecule has 0 spiro atoms. The fourth-order valence-corrected chi connectivity index (χ4v) is 3.24. The van der Waals surface area contributed by atoms with Crippen molar-refractivity contribution in [3.8, 4) is 0 Å². The summed E-state index contributed by atoms with van der Waals surface area (Å²) in [5.41, 5.74) is 1.65. The highest BCUT2D eigenvalue weighted by Crippen LogP contribution is 2.39. The first kappa shape index (κ1) is 17.8. The van der Waals surface area contributed by atoms with Crippen LogP contribution in [0.15, 0.2) is 53.0 Å². The summed E-state index contributed by atoms with van der Waals surface area (Å²) in [5.74, 6) is 0. The fraction of sp³-hybridized carbons (Fsp3) is 0.278. The third-order valence-electron chi connectivity index (χ3n) is 4.09. The number of rotatable bonds is 2. The highest BCUT2D eigenvalue weighted by Gasteiger charge is 2.48. The van der Waals surface area contributed by atoms with Crippen molar-refractivity contribution in [1.29, 1.82) is 0 Å². The molecular weight excluding hydrogens is 399 g/mol. The van der Waals surface area contributed by atoms with Gasteiger partial charge in [-0.2, -0.15) is 13.2 Å². The van der Waals surface area contributed by atoms with Crippen LogP contribution in [0.1, 0.15) is 17.5 Å². The van der Waals surface area contributed by atoms with Crippen LogP contribution in [-0.2, 0) is 17.8 Å². The highest BCUT2D eigenvalue weighted by molar-refractivity contribution is 9.10. The first-order chi connectivity index (χ1) is 11.9. The summed E-state index contributed by atoms with van der Waals surface area (Å²) in [5, 5.41) is 0. The average Bonchev–Trinajstić information content (AvgIpc) is 2.58. The Morgan fingerprint density at radius 1 is 1.20 bits per heavy atom. The first-order valence-electron chi connectivity index (χ1n) is 7.71. The van der Waals surface area contributed by atoms with Crippen molar-refractivity contribution in [2.75, 3.05) is 4.90 Å². The standard InChI is InChI=1S/C18H15BrF3NO2/c19-14-8-6-13-7-9-16(18(20,21)22)23(15(13)10-14)17(24)25-11-12-4-2-1-3-5-12/h1-6,8,10,16H,7,9,11H2. The van der Waals surface area contributed by atoms with Gasteiger partial charge in [-0.25, -0.2) is 4.79 Å². The Morgan fingerprint density at radius 2 is 1.92 bits per heavy atom. The second-order valence-electron chi connectivity index (χ2n) is 5.78. The molecule has 3 nitrogen and oxygen atoms in total. The summed E-state index contributed by atoms with van der Waals surface area (Å²) in [7, 11) is 0. The molecule has 1 heterocycles. The monoisotopic (exact) mass is 413 g/mol. The zero-order valence-corrected chi connectivity index (χ0v) is 14.7. The molecule has 132 valence electrons. The number of halogens is 4. The third-order valence-corrected chi connectivity index (χ3v) is 4.58. The number of benzene rings is 2. The number of fused-ring (bicyclic) bond motifs is 1. The number of carbonyl (C=O) groups is 1. The summed E-state index contributed by atoms with van der Waals surface area (Å²) in [6.45, 7) is -0.0793. The molecule has 1 atom stereocenters. The third kappa shape index (κ3) is 3.98. The van der Waals surface area contributed by atoms with Crippen LogP contribution in [-0.4, -0.2) is 18.3 Å². The minimum atomic E-state index is -4.52. The maximum absolute atomic E-state index is 13.4. The minimum absolute atomic E-state index is 0.0793. The molecule has 2 aromatic carbocycles. The molecule has 7 heteroatoms. The zero-order valence-electron chi connectivity index (χ0n) is 13.1. The molecule has 0 N–H and O–H groups in total. The first-order valence-corrected chi connectivity index (χ1v) is 8.50. The van der Waals surface area contributed by atoms with Crippen molar-refractivity contribution in [3.63, 3.8) is 0 Å². The van der Waals surface area contributed by atoms with Crippen LogP contribution in [0.4, 0.5) is 23.7 Å². The Labute approximate surface area is 151 Å². The Kier molecular flexibility index (Phi) is 5.03. The molecule has 1 aliphatic heterocycles. The molecule has 0 saturated heterocycles. The number of nitrogens with zero attached hydrogens (tertiary/aromatic N) is 1. The van der Waals surface area contributed by atoms with Gasteiger partial charge in [0, 0.05) is 4.47 Å². The quantitative estimate of drug-likeness (QED) is 0.653. The van der Waals surface area contributed by atoms with E-state index in [4.69, 9.17) is 4.74 Å². The molecule has 0 radical (unpaired) electrons. The van der Waals surface area contributed by atoms with E-state index in [-0.39, 0.29) is 25.1 Å². The van der Waals surface area contributed by atoms with Gasteiger partial charge < -0.3 is 4.74 Å². The van der Waals surface area contributed by atoms with E-state index < -0.39 is 18.3 Å². The predicted octanol–water partition coefficient (Wildman–Crippen LogP) is 5.47. The Balaban J connectivity index is 1.88. The number of amides is 1. The van der Waals surface area contributed by atoms with Crippen LogP contribution in [0.3, 0.4) is 0 Å². The van der Waals surface area contributed by atoms with E-state index in [9.17, 15) is 18.0 Å². The van der Waals surface area contributed by atoms with E-state index in [2.05, 4.69) is 15.9 Å². The Bertz CT molecular complexity index is 765. The lowest BCUT2D eigenvalue weighted by Gasteiger charge is -2.37. The van der Waals surface area contributed by atoms with Crippen LogP contribution in [0.25, 0.3) is 0 Å². The summed E-state index contributed by atoms with van der Waals surface area (Å²) < 4.78 is 46.1. The maximum atomic E-state index is 13.4. The van der Waals surface area contributed by atoms with Crippen molar-refractivity contribution in [2.24, 2.45) is 0 Å². The van der Waals surface area contributed by atoms with Crippen molar-refractivity contribution in [2.45, 2.75) is 31.7 Å². The van der Waals surface area contributed by atoms with E-state index in [1.165, 1.54) is 6.07 Å². The normalized spacial score (nSPS) is 17.1. The molecule has 1 unspecified atom stereocenters. The second kappa shape index (κ2) is 7.07.